The maximum Gasteiger partial charge on any atom is 0.308 e. The van der Waals surface area contributed by atoms with Gasteiger partial charge in [0.05, 0.1) is 12.5 Å². The van der Waals surface area contributed by atoms with Crippen molar-refractivity contribution in [3.8, 4) is 0 Å². The van der Waals surface area contributed by atoms with Crippen molar-refractivity contribution in [2.24, 2.45) is 5.92 Å². The van der Waals surface area contributed by atoms with E-state index in [1.165, 1.54) is 5.56 Å². The molecule has 1 aliphatic rings. The number of benzene rings is 1. The second-order valence-electron chi connectivity index (χ2n) is 4.03. The van der Waals surface area contributed by atoms with Gasteiger partial charge < -0.3 is 4.74 Å². The second kappa shape index (κ2) is 4.47. The van der Waals surface area contributed by atoms with E-state index in [0.717, 1.165) is 12.8 Å². The Labute approximate surface area is 90.3 Å². The monoisotopic (exact) mass is 204 g/mol. The van der Waals surface area contributed by atoms with Gasteiger partial charge in [-0.05, 0) is 31.2 Å². The molecule has 1 aromatic rings. The van der Waals surface area contributed by atoms with Crippen molar-refractivity contribution in [2.45, 2.75) is 25.7 Å². The zero-order chi connectivity index (χ0) is 10.7. The molecule has 2 heteroatoms. The molecule has 0 saturated heterocycles. The van der Waals surface area contributed by atoms with Crippen molar-refractivity contribution >= 4 is 5.97 Å². The first-order chi connectivity index (χ1) is 7.31. The van der Waals surface area contributed by atoms with E-state index < -0.39 is 0 Å². The van der Waals surface area contributed by atoms with E-state index in [9.17, 15) is 4.79 Å². The molecule has 1 aromatic carbocycles. The number of hydrogen-bond donors (Lipinski definition) is 0. The molecule has 0 amide bonds. The lowest BCUT2D eigenvalue weighted by Crippen LogP contribution is -2.30. The van der Waals surface area contributed by atoms with Gasteiger partial charge in [0.15, 0.2) is 0 Å². The molecule has 0 atom stereocenters. The van der Waals surface area contributed by atoms with Crippen LogP contribution < -0.4 is 0 Å². The molecule has 0 heterocycles. The molecule has 80 valence electrons. The van der Waals surface area contributed by atoms with Crippen LogP contribution in [-0.2, 0) is 9.53 Å². The zero-order valence-electron chi connectivity index (χ0n) is 8.98. The molecule has 15 heavy (non-hydrogen) atoms. The molecule has 0 spiro atoms. The lowest BCUT2D eigenvalue weighted by molar-refractivity contribution is -0.151. The molecular weight excluding hydrogens is 188 g/mol. The van der Waals surface area contributed by atoms with Gasteiger partial charge in [0, 0.05) is 0 Å². The molecule has 0 N–H and O–H groups in total. The van der Waals surface area contributed by atoms with Crippen molar-refractivity contribution in [3.05, 3.63) is 35.9 Å². The van der Waals surface area contributed by atoms with Crippen molar-refractivity contribution in [1.29, 1.82) is 0 Å². The molecule has 0 bridgehead atoms. The molecule has 0 aliphatic heterocycles. The SMILES string of the molecule is CCOC(=O)C1CC(c2ccccc2)C1. The fraction of sp³-hybridized carbons (Fsp3) is 0.462. The molecule has 0 radical (unpaired) electrons. The predicted molar refractivity (Wildman–Crippen MR) is 58.5 cm³/mol. The lowest BCUT2D eigenvalue weighted by atomic mass is 9.71. The molecule has 2 rings (SSSR count). The van der Waals surface area contributed by atoms with Gasteiger partial charge in [-0.2, -0.15) is 0 Å². The Hall–Kier alpha value is -1.31. The van der Waals surface area contributed by atoms with Crippen LogP contribution in [-0.4, -0.2) is 12.6 Å². The Kier molecular flexibility index (Phi) is 3.05. The van der Waals surface area contributed by atoms with Crippen LogP contribution in [0.3, 0.4) is 0 Å². The van der Waals surface area contributed by atoms with Gasteiger partial charge >= 0.3 is 5.97 Å². The fourth-order valence-corrected chi connectivity index (χ4v) is 2.07. The number of carbonyl (C=O) groups excluding carboxylic acids is 1. The molecule has 1 aliphatic carbocycles. The third kappa shape index (κ3) is 2.20. The third-order valence-corrected chi connectivity index (χ3v) is 3.03. The van der Waals surface area contributed by atoms with Gasteiger partial charge in [0.1, 0.15) is 0 Å². The van der Waals surface area contributed by atoms with Crippen molar-refractivity contribution in [3.63, 3.8) is 0 Å². The summed E-state index contributed by atoms with van der Waals surface area (Å²) in [7, 11) is 0. The van der Waals surface area contributed by atoms with Crippen LogP contribution in [0.25, 0.3) is 0 Å². The molecule has 0 aromatic heterocycles. The second-order valence-corrected chi connectivity index (χ2v) is 4.03. The first-order valence-electron chi connectivity index (χ1n) is 5.53. The molecule has 2 nitrogen and oxygen atoms in total. The fourth-order valence-electron chi connectivity index (χ4n) is 2.07. The Morgan fingerprint density at radius 1 is 1.33 bits per heavy atom. The van der Waals surface area contributed by atoms with Gasteiger partial charge in [0.2, 0.25) is 0 Å². The van der Waals surface area contributed by atoms with Gasteiger partial charge in [0.25, 0.3) is 0 Å². The summed E-state index contributed by atoms with van der Waals surface area (Å²) in [6, 6.07) is 10.4. The summed E-state index contributed by atoms with van der Waals surface area (Å²) >= 11 is 0. The minimum atomic E-state index is -0.0234. The van der Waals surface area contributed by atoms with E-state index in [2.05, 4.69) is 12.1 Å². The van der Waals surface area contributed by atoms with E-state index in [4.69, 9.17) is 4.74 Å². The summed E-state index contributed by atoms with van der Waals surface area (Å²) < 4.78 is 4.99. The number of ether oxygens (including phenoxy) is 1. The summed E-state index contributed by atoms with van der Waals surface area (Å²) in [4.78, 5) is 11.4. The van der Waals surface area contributed by atoms with Crippen LogP contribution in [0, 0.1) is 5.92 Å². The zero-order valence-corrected chi connectivity index (χ0v) is 8.98. The minimum absolute atomic E-state index is 0.0234. The third-order valence-electron chi connectivity index (χ3n) is 3.03. The summed E-state index contributed by atoms with van der Waals surface area (Å²) in [5.41, 5.74) is 1.35. The normalized spacial score (nSPS) is 24.3. The van der Waals surface area contributed by atoms with Gasteiger partial charge in [-0.1, -0.05) is 30.3 Å². The highest BCUT2D eigenvalue weighted by Crippen LogP contribution is 2.41. The average molecular weight is 204 g/mol. The molecular formula is C13H16O2. The Bertz CT molecular complexity index is 326. The van der Waals surface area contributed by atoms with Crippen LogP contribution in [0.1, 0.15) is 31.2 Å². The number of hydrogen-bond acceptors (Lipinski definition) is 2. The van der Waals surface area contributed by atoms with Crippen LogP contribution in [0.2, 0.25) is 0 Å². The minimum Gasteiger partial charge on any atom is -0.466 e. The number of esters is 1. The van der Waals surface area contributed by atoms with Gasteiger partial charge in [-0.3, -0.25) is 4.79 Å². The highest BCUT2D eigenvalue weighted by atomic mass is 16.5. The molecule has 0 unspecified atom stereocenters. The average Bonchev–Trinajstić information content (AvgIpc) is 2.17. The quantitative estimate of drug-likeness (QED) is 0.708. The summed E-state index contributed by atoms with van der Waals surface area (Å²) in [5.74, 6) is 0.667. The first-order valence-corrected chi connectivity index (χ1v) is 5.53. The number of rotatable bonds is 3. The van der Waals surface area contributed by atoms with Crippen LogP contribution >= 0.6 is 0 Å². The van der Waals surface area contributed by atoms with E-state index in [1.54, 1.807) is 0 Å². The Balaban J connectivity index is 1.86. The van der Waals surface area contributed by atoms with Crippen LogP contribution in [0.5, 0.6) is 0 Å². The van der Waals surface area contributed by atoms with E-state index in [1.807, 2.05) is 25.1 Å². The van der Waals surface area contributed by atoms with Crippen LogP contribution in [0.15, 0.2) is 30.3 Å². The largest absolute Gasteiger partial charge is 0.466 e. The van der Waals surface area contributed by atoms with E-state index >= 15 is 0 Å². The summed E-state index contributed by atoms with van der Waals surface area (Å²) in [6.07, 6.45) is 1.89. The maximum atomic E-state index is 11.4. The molecule has 1 saturated carbocycles. The van der Waals surface area contributed by atoms with Gasteiger partial charge in [-0.25, -0.2) is 0 Å². The van der Waals surface area contributed by atoms with Crippen molar-refractivity contribution < 1.29 is 9.53 Å². The standard InChI is InChI=1S/C13H16O2/c1-2-15-13(14)12-8-11(9-12)10-6-4-3-5-7-10/h3-7,11-12H,2,8-9H2,1H3. The molecule has 1 fully saturated rings. The summed E-state index contributed by atoms with van der Waals surface area (Å²) in [5, 5.41) is 0. The smallest absolute Gasteiger partial charge is 0.308 e. The maximum absolute atomic E-state index is 11.4. The lowest BCUT2D eigenvalue weighted by Gasteiger charge is -2.33. The van der Waals surface area contributed by atoms with Crippen molar-refractivity contribution in [1.82, 2.24) is 0 Å². The predicted octanol–water partition coefficient (Wildman–Crippen LogP) is 2.74. The highest BCUT2D eigenvalue weighted by molar-refractivity contribution is 5.73. The van der Waals surface area contributed by atoms with Crippen LogP contribution in [0.4, 0.5) is 0 Å². The highest BCUT2D eigenvalue weighted by Gasteiger charge is 2.35. The Morgan fingerprint density at radius 3 is 2.60 bits per heavy atom. The first kappa shape index (κ1) is 10.2. The Morgan fingerprint density at radius 2 is 2.00 bits per heavy atom. The van der Waals surface area contributed by atoms with Crippen molar-refractivity contribution in [2.75, 3.05) is 6.61 Å². The van der Waals surface area contributed by atoms with Gasteiger partial charge in [-0.15, -0.1) is 0 Å². The van der Waals surface area contributed by atoms with E-state index in [-0.39, 0.29) is 11.9 Å². The summed E-state index contributed by atoms with van der Waals surface area (Å²) in [6.45, 7) is 2.34. The van der Waals surface area contributed by atoms with E-state index in [0.29, 0.717) is 12.5 Å². The number of carbonyl (C=O) groups is 1. The topological polar surface area (TPSA) is 26.3 Å².